The second-order valence-electron chi connectivity index (χ2n) is 10.9. The molecule has 1 aliphatic heterocycles. The molecule has 0 saturated heterocycles. The number of hydrogen-bond acceptors (Lipinski definition) is 7. The topological polar surface area (TPSA) is 111 Å². The van der Waals surface area contributed by atoms with Gasteiger partial charge in [0.2, 0.25) is 5.95 Å². The Kier molecular flexibility index (Phi) is 7.73. The van der Waals surface area contributed by atoms with Gasteiger partial charge in [-0.15, -0.1) is 5.10 Å². The largest absolute Gasteiger partial charge is 0.444 e. The van der Waals surface area contributed by atoms with Crippen LogP contribution in [0.4, 0.5) is 35.5 Å². The summed E-state index contributed by atoms with van der Waals surface area (Å²) in [5.74, 6) is 0.336. The van der Waals surface area contributed by atoms with Crippen LogP contribution in [0.5, 0.6) is 0 Å². The van der Waals surface area contributed by atoms with E-state index in [1.165, 1.54) is 26.6 Å². The molecule has 0 radical (unpaired) electrons. The first-order chi connectivity index (χ1) is 21.7. The molecule has 2 heterocycles. The van der Waals surface area contributed by atoms with Crippen molar-refractivity contribution in [2.45, 2.75) is 38.6 Å². The van der Waals surface area contributed by atoms with Crippen molar-refractivity contribution in [1.82, 2.24) is 14.8 Å². The van der Waals surface area contributed by atoms with Gasteiger partial charge in [-0.2, -0.15) is 28.7 Å². The van der Waals surface area contributed by atoms with E-state index < -0.39 is 23.9 Å². The van der Waals surface area contributed by atoms with Crippen molar-refractivity contribution < 1.29 is 22.7 Å². The number of nitriles is 2. The molecule has 0 spiro atoms. The maximum absolute atomic E-state index is 13.7. The summed E-state index contributed by atoms with van der Waals surface area (Å²) in [6.07, 6.45) is -3.44. The van der Waals surface area contributed by atoms with Gasteiger partial charge in [-0.25, -0.2) is 14.4 Å². The van der Waals surface area contributed by atoms with Crippen molar-refractivity contribution in [2.75, 3.05) is 16.3 Å². The summed E-state index contributed by atoms with van der Waals surface area (Å²) >= 11 is 0. The zero-order chi connectivity index (χ0) is 31.7. The van der Waals surface area contributed by atoms with Crippen molar-refractivity contribution >= 4 is 23.7 Å². The molecule has 6 rings (SSSR count). The number of hydrogen-bond donors (Lipinski definition) is 0. The maximum Gasteiger partial charge on any atom is 0.417 e. The summed E-state index contributed by atoms with van der Waals surface area (Å²) < 4.78 is 48.3. The van der Waals surface area contributed by atoms with Gasteiger partial charge in [0, 0.05) is 17.9 Å². The molecule has 1 aromatic heterocycles. The molecule has 1 aliphatic carbocycles. The van der Waals surface area contributed by atoms with Crippen molar-refractivity contribution in [1.29, 1.82) is 10.5 Å². The predicted octanol–water partition coefficient (Wildman–Crippen LogP) is 7.26. The first-order valence-corrected chi connectivity index (χ1v) is 14.2. The number of nitrogens with zero attached hydrogens (tertiary/aromatic N) is 7. The van der Waals surface area contributed by atoms with Crippen molar-refractivity contribution in [3.63, 3.8) is 0 Å². The molecule has 1 atom stereocenters. The van der Waals surface area contributed by atoms with E-state index in [2.05, 4.69) is 12.1 Å². The van der Waals surface area contributed by atoms with Crippen molar-refractivity contribution in [3.05, 3.63) is 112 Å². The van der Waals surface area contributed by atoms with Gasteiger partial charge in [-0.3, -0.25) is 4.90 Å². The zero-order valence-corrected chi connectivity index (χ0v) is 24.1. The summed E-state index contributed by atoms with van der Waals surface area (Å²) in [6.45, 7) is 1.95. The van der Waals surface area contributed by atoms with Crippen LogP contribution in [0.1, 0.15) is 48.1 Å². The number of allylic oxidation sites excluding steroid dienone is 2. The lowest BCUT2D eigenvalue weighted by atomic mass is 9.95. The lowest BCUT2D eigenvalue weighted by molar-refractivity contribution is -0.137. The Hall–Kier alpha value is -5.62. The highest BCUT2D eigenvalue weighted by Gasteiger charge is 2.39. The number of benzene rings is 3. The third-order valence-electron chi connectivity index (χ3n) is 7.76. The molecule has 1 saturated carbocycles. The third kappa shape index (κ3) is 5.95. The number of carbonyl (C=O) groups is 1. The Morgan fingerprint density at radius 1 is 1.02 bits per heavy atom. The third-order valence-corrected chi connectivity index (χ3v) is 7.76. The Bertz CT molecular complexity index is 1850. The molecular weight excluding hydrogens is 583 g/mol. The van der Waals surface area contributed by atoms with Crippen LogP contribution in [-0.4, -0.2) is 27.4 Å². The molecule has 1 amide bonds. The number of fused-ring (bicyclic) bond motifs is 1. The van der Waals surface area contributed by atoms with Crippen LogP contribution in [0.3, 0.4) is 0 Å². The Labute approximate surface area is 257 Å². The standard InChI is InChI=1S/C33H26F3N7O2/c1-21-28(18-38)29(25-14-12-22(17-37)13-15-25)43-31(42(21)27-9-5-8-26(16-27)33(34,35)36)39-30(40-43)41(19-23-10-11-23)32(44)45-20-24-6-3-2-4-7-24/h2-9,12-16,23,29H,10-11,19-20H2,1H3. The van der Waals surface area contributed by atoms with Crippen molar-refractivity contribution in [3.8, 4) is 12.1 Å². The number of anilines is 3. The lowest BCUT2D eigenvalue weighted by Gasteiger charge is -2.34. The fraction of sp³-hybridized carbons (Fsp3) is 0.242. The first kappa shape index (κ1) is 29.5. The number of carbonyl (C=O) groups excluding carboxylic acids is 1. The maximum atomic E-state index is 13.7. The van der Waals surface area contributed by atoms with Crippen LogP contribution in [0.2, 0.25) is 0 Å². The van der Waals surface area contributed by atoms with E-state index in [-0.39, 0.29) is 35.7 Å². The lowest BCUT2D eigenvalue weighted by Crippen LogP contribution is -2.34. The van der Waals surface area contributed by atoms with Gasteiger partial charge in [-0.1, -0.05) is 48.5 Å². The van der Waals surface area contributed by atoms with Crippen LogP contribution in [0.25, 0.3) is 0 Å². The number of rotatable bonds is 7. The summed E-state index contributed by atoms with van der Waals surface area (Å²) in [6, 6.07) is 24.0. The molecule has 2 aliphatic rings. The molecule has 4 aromatic rings. The van der Waals surface area contributed by atoms with Gasteiger partial charge in [-0.05, 0) is 67.1 Å². The minimum atomic E-state index is -4.60. The van der Waals surface area contributed by atoms with Crippen LogP contribution >= 0.6 is 0 Å². The fourth-order valence-electron chi connectivity index (χ4n) is 5.25. The first-order valence-electron chi connectivity index (χ1n) is 14.2. The summed E-state index contributed by atoms with van der Waals surface area (Å²) in [7, 11) is 0. The van der Waals surface area contributed by atoms with Gasteiger partial charge in [0.1, 0.15) is 12.6 Å². The Morgan fingerprint density at radius 2 is 1.76 bits per heavy atom. The molecule has 0 bridgehead atoms. The summed E-state index contributed by atoms with van der Waals surface area (Å²) in [5.41, 5.74) is 1.62. The van der Waals surface area contributed by atoms with Gasteiger partial charge >= 0.3 is 12.3 Å². The number of halogens is 3. The molecule has 1 fully saturated rings. The van der Waals surface area contributed by atoms with Gasteiger partial charge < -0.3 is 4.74 Å². The predicted molar refractivity (Wildman–Crippen MR) is 158 cm³/mol. The molecule has 0 N–H and O–H groups in total. The zero-order valence-electron chi connectivity index (χ0n) is 24.1. The van der Waals surface area contributed by atoms with Crippen LogP contribution in [0, 0.1) is 28.6 Å². The fourth-order valence-corrected chi connectivity index (χ4v) is 5.25. The highest BCUT2D eigenvalue weighted by molar-refractivity contribution is 5.86. The molecule has 1 unspecified atom stereocenters. The van der Waals surface area contributed by atoms with E-state index in [0.29, 0.717) is 23.4 Å². The SMILES string of the molecule is CC1=C(C#N)C(c2ccc(C#N)cc2)n2nc(N(CC3CC3)C(=O)OCc3ccccc3)nc2N1c1cccc(C(F)(F)F)c1. The van der Waals surface area contributed by atoms with E-state index in [1.807, 2.05) is 30.3 Å². The van der Waals surface area contributed by atoms with E-state index >= 15 is 0 Å². The molecule has 9 nitrogen and oxygen atoms in total. The van der Waals surface area contributed by atoms with Gasteiger partial charge in [0.25, 0.3) is 5.95 Å². The minimum absolute atomic E-state index is 0.00225. The average Bonchev–Trinajstić information content (AvgIpc) is 3.78. The normalized spacial score (nSPS) is 16.0. The van der Waals surface area contributed by atoms with Crippen LogP contribution < -0.4 is 9.80 Å². The smallest absolute Gasteiger partial charge is 0.417 e. The Balaban J connectivity index is 1.47. The quantitative estimate of drug-likeness (QED) is 0.217. The van der Waals surface area contributed by atoms with E-state index in [9.17, 15) is 28.5 Å². The number of amides is 1. The summed E-state index contributed by atoms with van der Waals surface area (Å²) in [4.78, 5) is 21.0. The monoisotopic (exact) mass is 609 g/mol. The van der Waals surface area contributed by atoms with Crippen molar-refractivity contribution in [2.24, 2.45) is 5.92 Å². The highest BCUT2D eigenvalue weighted by atomic mass is 19.4. The van der Waals surface area contributed by atoms with Crippen LogP contribution in [-0.2, 0) is 17.5 Å². The van der Waals surface area contributed by atoms with E-state index in [0.717, 1.165) is 30.5 Å². The molecule has 3 aromatic carbocycles. The average molecular weight is 610 g/mol. The summed E-state index contributed by atoms with van der Waals surface area (Å²) in [5, 5.41) is 24.4. The highest BCUT2D eigenvalue weighted by Crippen LogP contribution is 2.44. The Morgan fingerprint density at radius 3 is 2.40 bits per heavy atom. The number of aromatic nitrogens is 3. The molecule has 45 heavy (non-hydrogen) atoms. The van der Waals surface area contributed by atoms with Gasteiger partial charge in [0.05, 0.1) is 28.8 Å². The second-order valence-corrected chi connectivity index (χ2v) is 10.9. The molecule has 226 valence electrons. The van der Waals surface area contributed by atoms with E-state index in [4.69, 9.17) is 14.8 Å². The minimum Gasteiger partial charge on any atom is -0.444 e. The number of ether oxygens (including phenoxy) is 1. The van der Waals surface area contributed by atoms with E-state index in [1.54, 1.807) is 31.2 Å². The molecular formula is C33H26F3N7O2. The molecule has 12 heteroatoms. The van der Waals surface area contributed by atoms with Crippen LogP contribution in [0.15, 0.2) is 90.1 Å². The second kappa shape index (κ2) is 11.8. The number of alkyl halides is 3. The van der Waals surface area contributed by atoms with Gasteiger partial charge in [0.15, 0.2) is 0 Å².